The summed E-state index contributed by atoms with van der Waals surface area (Å²) in [5.74, 6) is 0.490. The summed E-state index contributed by atoms with van der Waals surface area (Å²) in [6.07, 6.45) is 0. The van der Waals surface area contributed by atoms with Crippen molar-refractivity contribution in [3.8, 4) is 0 Å². The molecule has 0 aliphatic heterocycles. The Morgan fingerprint density at radius 3 is 2.50 bits per heavy atom. The summed E-state index contributed by atoms with van der Waals surface area (Å²) < 4.78 is 0. The van der Waals surface area contributed by atoms with Gasteiger partial charge in [-0.3, -0.25) is 0 Å². The van der Waals surface area contributed by atoms with Crippen LogP contribution in [0.5, 0.6) is 0 Å². The summed E-state index contributed by atoms with van der Waals surface area (Å²) in [5.41, 5.74) is 2.64. The van der Waals surface area contributed by atoms with Crippen LogP contribution >= 0.6 is 0 Å². The van der Waals surface area contributed by atoms with Crippen molar-refractivity contribution < 1.29 is 5.11 Å². The molecule has 0 amide bonds. The van der Waals surface area contributed by atoms with E-state index in [4.69, 9.17) is 0 Å². The molecule has 0 spiro atoms. The van der Waals surface area contributed by atoms with Crippen LogP contribution in [0, 0.1) is 6.92 Å². The minimum absolute atomic E-state index is 0.490. The first kappa shape index (κ1) is 13.2. The average molecular weight is 221 g/mol. The van der Waals surface area contributed by atoms with Gasteiger partial charge in [0.05, 0.1) is 5.60 Å². The first-order valence-corrected chi connectivity index (χ1v) is 5.86. The molecule has 90 valence electrons. The molecule has 1 atom stereocenters. The molecule has 1 unspecified atom stereocenters. The molecule has 0 saturated heterocycles. The number of aryl methyl sites for hydroxylation is 1. The first-order valence-electron chi connectivity index (χ1n) is 5.86. The van der Waals surface area contributed by atoms with Gasteiger partial charge in [-0.15, -0.1) is 0 Å². The van der Waals surface area contributed by atoms with Gasteiger partial charge in [-0.25, -0.2) is 0 Å². The number of rotatable bonds is 4. The van der Waals surface area contributed by atoms with Gasteiger partial charge in [0.2, 0.25) is 0 Å². The molecule has 0 aromatic heterocycles. The summed E-state index contributed by atoms with van der Waals surface area (Å²) in [6.45, 7) is 8.80. The molecule has 0 saturated carbocycles. The van der Waals surface area contributed by atoms with Crippen molar-refractivity contribution in [2.75, 3.05) is 13.6 Å². The maximum atomic E-state index is 10.4. The molecule has 2 heteroatoms. The van der Waals surface area contributed by atoms with Crippen LogP contribution in [0.25, 0.3) is 0 Å². The van der Waals surface area contributed by atoms with Gasteiger partial charge in [-0.2, -0.15) is 0 Å². The van der Waals surface area contributed by atoms with Crippen molar-refractivity contribution in [3.05, 3.63) is 34.9 Å². The van der Waals surface area contributed by atoms with E-state index in [1.807, 2.05) is 20.9 Å². The standard InChI is InChI=1S/C14H23NO/c1-10(2)12-7-6-11(3)13(8-12)14(4,16)9-15-5/h6-8,10,15-16H,9H2,1-5H3. The Morgan fingerprint density at radius 2 is 2.00 bits per heavy atom. The number of aliphatic hydroxyl groups is 1. The fourth-order valence-corrected chi connectivity index (χ4v) is 2.02. The highest BCUT2D eigenvalue weighted by Gasteiger charge is 2.24. The Bertz CT molecular complexity index is 356. The lowest BCUT2D eigenvalue weighted by atomic mass is 9.88. The lowest BCUT2D eigenvalue weighted by molar-refractivity contribution is 0.0584. The summed E-state index contributed by atoms with van der Waals surface area (Å²) >= 11 is 0. The number of nitrogens with one attached hydrogen (secondary N) is 1. The van der Waals surface area contributed by atoms with Crippen molar-refractivity contribution in [2.45, 2.75) is 39.2 Å². The van der Waals surface area contributed by atoms with Crippen LogP contribution in [0.4, 0.5) is 0 Å². The van der Waals surface area contributed by atoms with Crippen LogP contribution in [-0.4, -0.2) is 18.7 Å². The monoisotopic (exact) mass is 221 g/mol. The minimum atomic E-state index is -0.802. The van der Waals surface area contributed by atoms with Crippen molar-refractivity contribution >= 4 is 0 Å². The molecule has 16 heavy (non-hydrogen) atoms. The van der Waals surface area contributed by atoms with E-state index in [9.17, 15) is 5.11 Å². The van der Waals surface area contributed by atoms with Crippen molar-refractivity contribution in [1.29, 1.82) is 0 Å². The number of hydrogen-bond donors (Lipinski definition) is 2. The summed E-state index contributed by atoms with van der Waals surface area (Å²) in [6, 6.07) is 6.35. The molecule has 1 rings (SSSR count). The molecule has 0 bridgehead atoms. The van der Waals surface area contributed by atoms with Gasteiger partial charge < -0.3 is 10.4 Å². The van der Waals surface area contributed by atoms with Gasteiger partial charge in [0.1, 0.15) is 0 Å². The second kappa shape index (κ2) is 4.98. The van der Waals surface area contributed by atoms with E-state index in [2.05, 4.69) is 37.4 Å². The third kappa shape index (κ3) is 2.83. The molecule has 2 N–H and O–H groups in total. The fraction of sp³-hybridized carbons (Fsp3) is 0.571. The first-order chi connectivity index (χ1) is 7.38. The van der Waals surface area contributed by atoms with E-state index in [0.717, 1.165) is 11.1 Å². The quantitative estimate of drug-likeness (QED) is 0.819. The molecule has 1 aromatic carbocycles. The third-order valence-corrected chi connectivity index (χ3v) is 3.03. The highest BCUT2D eigenvalue weighted by atomic mass is 16.3. The topological polar surface area (TPSA) is 32.3 Å². The molecule has 0 aliphatic rings. The molecule has 0 heterocycles. The largest absolute Gasteiger partial charge is 0.384 e. The SMILES string of the molecule is CNCC(C)(O)c1cc(C(C)C)ccc1C. The lowest BCUT2D eigenvalue weighted by Gasteiger charge is -2.26. The molecular formula is C14H23NO. The Morgan fingerprint density at radius 1 is 1.38 bits per heavy atom. The van der Waals surface area contributed by atoms with E-state index < -0.39 is 5.60 Å². The highest BCUT2D eigenvalue weighted by Crippen LogP contribution is 2.27. The summed E-state index contributed by atoms with van der Waals surface area (Å²) in [4.78, 5) is 0. The van der Waals surface area contributed by atoms with Crippen molar-refractivity contribution in [3.63, 3.8) is 0 Å². The van der Waals surface area contributed by atoms with Crippen LogP contribution in [0.3, 0.4) is 0 Å². The molecular weight excluding hydrogens is 198 g/mol. The zero-order valence-corrected chi connectivity index (χ0v) is 11.0. The maximum absolute atomic E-state index is 10.4. The van der Waals surface area contributed by atoms with Crippen LogP contribution in [-0.2, 0) is 5.60 Å². The molecule has 0 fully saturated rings. The van der Waals surface area contributed by atoms with Gasteiger partial charge in [0, 0.05) is 6.54 Å². The van der Waals surface area contributed by atoms with Crippen LogP contribution in [0.1, 0.15) is 43.4 Å². The predicted molar refractivity (Wildman–Crippen MR) is 68.8 cm³/mol. The maximum Gasteiger partial charge on any atom is 0.0994 e. The lowest BCUT2D eigenvalue weighted by Crippen LogP contribution is -2.34. The second-order valence-corrected chi connectivity index (χ2v) is 5.03. The van der Waals surface area contributed by atoms with Crippen LogP contribution in [0.15, 0.2) is 18.2 Å². The van der Waals surface area contributed by atoms with Gasteiger partial charge in [-0.1, -0.05) is 32.0 Å². The van der Waals surface area contributed by atoms with Gasteiger partial charge in [-0.05, 0) is 43.5 Å². The smallest absolute Gasteiger partial charge is 0.0994 e. The molecule has 1 aromatic rings. The fourth-order valence-electron chi connectivity index (χ4n) is 2.02. The Balaban J connectivity index is 3.16. The summed E-state index contributed by atoms with van der Waals surface area (Å²) in [5, 5.41) is 13.4. The molecule has 2 nitrogen and oxygen atoms in total. The molecule has 0 radical (unpaired) electrons. The van der Waals surface area contributed by atoms with Gasteiger partial charge in [0.15, 0.2) is 0 Å². The van der Waals surface area contributed by atoms with Crippen molar-refractivity contribution in [2.24, 2.45) is 0 Å². The normalized spacial score (nSPS) is 15.2. The number of hydrogen-bond acceptors (Lipinski definition) is 2. The van der Waals surface area contributed by atoms with E-state index in [1.54, 1.807) is 0 Å². The molecule has 0 aliphatic carbocycles. The highest BCUT2D eigenvalue weighted by molar-refractivity contribution is 5.36. The van der Waals surface area contributed by atoms with Crippen LogP contribution in [0.2, 0.25) is 0 Å². The van der Waals surface area contributed by atoms with Gasteiger partial charge >= 0.3 is 0 Å². The van der Waals surface area contributed by atoms with Crippen LogP contribution < -0.4 is 5.32 Å². The van der Waals surface area contributed by atoms with E-state index in [1.165, 1.54) is 5.56 Å². The van der Waals surface area contributed by atoms with Gasteiger partial charge in [0.25, 0.3) is 0 Å². The average Bonchev–Trinajstić information content (AvgIpc) is 2.17. The number of likely N-dealkylation sites (N-methyl/N-ethyl adjacent to an activating group) is 1. The zero-order valence-electron chi connectivity index (χ0n) is 11.0. The predicted octanol–water partition coefficient (Wildman–Crippen LogP) is 2.55. The van der Waals surface area contributed by atoms with E-state index >= 15 is 0 Å². The Labute approximate surface area is 98.7 Å². The van der Waals surface area contributed by atoms with E-state index in [-0.39, 0.29) is 0 Å². The third-order valence-electron chi connectivity index (χ3n) is 3.03. The van der Waals surface area contributed by atoms with Crippen molar-refractivity contribution in [1.82, 2.24) is 5.32 Å². The Kier molecular flexibility index (Phi) is 4.11. The summed E-state index contributed by atoms with van der Waals surface area (Å²) in [7, 11) is 1.86. The second-order valence-electron chi connectivity index (χ2n) is 5.03. The zero-order chi connectivity index (χ0) is 12.3. The van der Waals surface area contributed by atoms with E-state index in [0.29, 0.717) is 12.5 Å². The number of benzene rings is 1. The minimum Gasteiger partial charge on any atom is -0.384 e. The Hall–Kier alpha value is -0.860.